The molecule has 0 fully saturated rings. The van der Waals surface area contributed by atoms with Crippen LogP contribution in [0.25, 0.3) is 0 Å². The van der Waals surface area contributed by atoms with E-state index < -0.39 is 0 Å². The van der Waals surface area contributed by atoms with Crippen LogP contribution in [0.4, 0.5) is 0 Å². The summed E-state index contributed by atoms with van der Waals surface area (Å²) in [6, 6.07) is 0.114. The van der Waals surface area contributed by atoms with Gasteiger partial charge in [0.05, 0.1) is 10.5 Å². The molecule has 1 heterocycles. The monoisotopic (exact) mass is 257 g/mol. The lowest BCUT2D eigenvalue weighted by molar-refractivity contribution is 0.0706. The fraction of sp³-hybridized carbons (Fsp3) is 0.500. The van der Waals surface area contributed by atoms with Crippen molar-refractivity contribution in [2.75, 3.05) is 6.54 Å². The summed E-state index contributed by atoms with van der Waals surface area (Å²) in [6.45, 7) is 4.47. The molecule has 6 heteroatoms. The molecule has 0 radical (unpaired) electrons. The van der Waals surface area contributed by atoms with E-state index in [2.05, 4.69) is 4.98 Å². The third-order valence-electron chi connectivity index (χ3n) is 2.13. The summed E-state index contributed by atoms with van der Waals surface area (Å²) >= 11 is 6.23. The molecule has 88 valence electrons. The summed E-state index contributed by atoms with van der Waals surface area (Å²) < 4.78 is 0. The number of thiazole rings is 1. The topological polar surface area (TPSA) is 59.2 Å². The summed E-state index contributed by atoms with van der Waals surface area (Å²) in [5.74, 6) is -0.0625. The highest BCUT2D eigenvalue weighted by atomic mass is 32.1. The zero-order valence-electron chi connectivity index (χ0n) is 9.34. The summed E-state index contributed by atoms with van der Waals surface area (Å²) in [4.78, 5) is 18.2. The van der Waals surface area contributed by atoms with Crippen molar-refractivity contribution >= 4 is 34.5 Å². The van der Waals surface area contributed by atoms with Gasteiger partial charge in [-0.2, -0.15) is 0 Å². The number of amides is 1. The summed E-state index contributed by atoms with van der Waals surface area (Å²) in [7, 11) is 0. The van der Waals surface area contributed by atoms with Gasteiger partial charge in [0.15, 0.2) is 0 Å². The van der Waals surface area contributed by atoms with Gasteiger partial charge in [-0.05, 0) is 13.8 Å². The van der Waals surface area contributed by atoms with E-state index in [9.17, 15) is 4.79 Å². The normalized spacial score (nSPS) is 10.4. The van der Waals surface area contributed by atoms with Gasteiger partial charge in [-0.15, -0.1) is 11.3 Å². The van der Waals surface area contributed by atoms with Crippen LogP contribution in [-0.4, -0.2) is 33.4 Å². The van der Waals surface area contributed by atoms with Crippen LogP contribution < -0.4 is 5.73 Å². The smallest absolute Gasteiger partial charge is 0.273 e. The van der Waals surface area contributed by atoms with E-state index in [1.54, 1.807) is 15.8 Å². The zero-order valence-corrected chi connectivity index (χ0v) is 11.0. The molecule has 1 aromatic rings. The molecule has 2 N–H and O–H groups in total. The van der Waals surface area contributed by atoms with E-state index in [0.29, 0.717) is 23.6 Å². The predicted molar refractivity (Wildman–Crippen MR) is 69.7 cm³/mol. The summed E-state index contributed by atoms with van der Waals surface area (Å²) in [5, 5.41) is 1.75. The Morgan fingerprint density at radius 2 is 2.38 bits per heavy atom. The molecule has 0 aromatic carbocycles. The van der Waals surface area contributed by atoms with Crippen LogP contribution in [-0.2, 0) is 0 Å². The van der Waals surface area contributed by atoms with Crippen LogP contribution in [0.15, 0.2) is 10.9 Å². The Bertz CT molecular complexity index is 362. The van der Waals surface area contributed by atoms with E-state index in [1.807, 2.05) is 13.8 Å². The van der Waals surface area contributed by atoms with Crippen LogP contribution in [0, 0.1) is 0 Å². The van der Waals surface area contributed by atoms with E-state index in [1.165, 1.54) is 11.3 Å². The SMILES string of the molecule is CC(C)N(CCC(N)=S)C(=O)c1cscn1. The number of nitrogens with two attached hydrogens (primary N) is 1. The van der Waals surface area contributed by atoms with Gasteiger partial charge in [0.1, 0.15) is 5.69 Å². The van der Waals surface area contributed by atoms with Gasteiger partial charge in [0, 0.05) is 24.4 Å². The number of hydrogen-bond acceptors (Lipinski definition) is 4. The molecule has 0 atom stereocenters. The average molecular weight is 257 g/mol. The van der Waals surface area contributed by atoms with E-state index >= 15 is 0 Å². The molecule has 4 nitrogen and oxygen atoms in total. The highest BCUT2D eigenvalue weighted by Gasteiger charge is 2.19. The van der Waals surface area contributed by atoms with Gasteiger partial charge in [-0.25, -0.2) is 4.98 Å². The second-order valence-electron chi connectivity index (χ2n) is 3.68. The molecule has 0 saturated heterocycles. The lowest BCUT2D eigenvalue weighted by Gasteiger charge is -2.25. The third-order valence-corrected chi connectivity index (χ3v) is 2.93. The van der Waals surface area contributed by atoms with E-state index in [-0.39, 0.29) is 11.9 Å². The number of hydrogen-bond donors (Lipinski definition) is 1. The molecule has 0 saturated carbocycles. The molecule has 0 spiro atoms. The number of aromatic nitrogens is 1. The van der Waals surface area contributed by atoms with Gasteiger partial charge in [-0.1, -0.05) is 12.2 Å². The van der Waals surface area contributed by atoms with Gasteiger partial charge < -0.3 is 10.6 Å². The van der Waals surface area contributed by atoms with Crippen molar-refractivity contribution in [3.8, 4) is 0 Å². The van der Waals surface area contributed by atoms with Crippen LogP contribution in [0.2, 0.25) is 0 Å². The second-order valence-corrected chi connectivity index (χ2v) is 4.93. The Hall–Kier alpha value is -1.01. The first kappa shape index (κ1) is 13.1. The molecule has 1 rings (SSSR count). The molecular weight excluding hydrogens is 242 g/mol. The Morgan fingerprint density at radius 3 is 2.81 bits per heavy atom. The molecule has 16 heavy (non-hydrogen) atoms. The number of nitrogens with zero attached hydrogens (tertiary/aromatic N) is 2. The Labute approximate surface area is 104 Å². The molecule has 0 bridgehead atoms. The lowest BCUT2D eigenvalue weighted by atomic mass is 10.2. The standard InChI is InChI=1S/C10H15N3OS2/c1-7(2)13(4-3-9(11)15)10(14)8-5-16-6-12-8/h5-7H,3-4H2,1-2H3,(H2,11,15). The number of rotatable bonds is 5. The van der Waals surface area contributed by atoms with Gasteiger partial charge >= 0.3 is 0 Å². The Morgan fingerprint density at radius 1 is 1.69 bits per heavy atom. The first-order valence-corrected chi connectivity index (χ1v) is 6.35. The van der Waals surface area contributed by atoms with Crippen molar-refractivity contribution in [3.63, 3.8) is 0 Å². The molecular formula is C10H15N3OS2. The largest absolute Gasteiger partial charge is 0.393 e. The first-order chi connectivity index (χ1) is 7.52. The first-order valence-electron chi connectivity index (χ1n) is 5.00. The zero-order chi connectivity index (χ0) is 12.1. The van der Waals surface area contributed by atoms with E-state index in [4.69, 9.17) is 18.0 Å². The molecule has 0 unspecified atom stereocenters. The second kappa shape index (κ2) is 5.91. The maximum atomic E-state index is 12.0. The number of carbonyl (C=O) groups excluding carboxylic acids is 1. The van der Waals surface area contributed by atoms with Crippen molar-refractivity contribution in [1.82, 2.24) is 9.88 Å². The van der Waals surface area contributed by atoms with Crippen molar-refractivity contribution in [2.45, 2.75) is 26.3 Å². The highest BCUT2D eigenvalue weighted by molar-refractivity contribution is 7.80. The van der Waals surface area contributed by atoms with Crippen molar-refractivity contribution in [2.24, 2.45) is 5.73 Å². The molecule has 0 aliphatic rings. The molecule has 0 aliphatic heterocycles. The van der Waals surface area contributed by atoms with Gasteiger partial charge in [0.2, 0.25) is 0 Å². The summed E-state index contributed by atoms with van der Waals surface area (Å²) in [5.41, 5.74) is 7.58. The minimum absolute atomic E-state index is 0.0625. The number of carbonyl (C=O) groups is 1. The van der Waals surface area contributed by atoms with Crippen LogP contribution in [0.1, 0.15) is 30.8 Å². The van der Waals surface area contributed by atoms with Crippen molar-refractivity contribution in [1.29, 1.82) is 0 Å². The minimum Gasteiger partial charge on any atom is -0.393 e. The summed E-state index contributed by atoms with van der Waals surface area (Å²) in [6.07, 6.45) is 0.545. The molecule has 1 aromatic heterocycles. The average Bonchev–Trinajstić information content (AvgIpc) is 2.69. The maximum Gasteiger partial charge on any atom is 0.273 e. The number of thiocarbonyl (C=S) groups is 1. The van der Waals surface area contributed by atoms with Gasteiger partial charge in [0.25, 0.3) is 5.91 Å². The lowest BCUT2D eigenvalue weighted by Crippen LogP contribution is -2.39. The molecule has 1 amide bonds. The minimum atomic E-state index is -0.0625. The third kappa shape index (κ3) is 3.53. The maximum absolute atomic E-state index is 12.0. The Kier molecular flexibility index (Phi) is 4.82. The fourth-order valence-electron chi connectivity index (χ4n) is 1.29. The highest BCUT2D eigenvalue weighted by Crippen LogP contribution is 2.09. The van der Waals surface area contributed by atoms with Crippen molar-refractivity contribution in [3.05, 3.63) is 16.6 Å². The Balaban J connectivity index is 2.70. The van der Waals surface area contributed by atoms with Crippen LogP contribution in [0.5, 0.6) is 0 Å². The quantitative estimate of drug-likeness (QED) is 0.815. The van der Waals surface area contributed by atoms with Gasteiger partial charge in [-0.3, -0.25) is 4.79 Å². The molecule has 0 aliphatic carbocycles. The van der Waals surface area contributed by atoms with Crippen LogP contribution >= 0.6 is 23.6 Å². The van der Waals surface area contributed by atoms with E-state index in [0.717, 1.165) is 0 Å². The predicted octanol–water partition coefficient (Wildman–Crippen LogP) is 1.67. The fourth-order valence-corrected chi connectivity index (χ4v) is 1.91. The van der Waals surface area contributed by atoms with Crippen LogP contribution in [0.3, 0.4) is 0 Å². The van der Waals surface area contributed by atoms with Crippen molar-refractivity contribution < 1.29 is 4.79 Å².